The molecule has 1 aliphatic heterocycles. The number of halogens is 1. The number of aryl methyl sites for hydroxylation is 1. The zero-order chi connectivity index (χ0) is 26.8. The maximum Gasteiger partial charge on any atom is 0.223 e. The number of hydrogen-bond donors (Lipinski definition) is 2. The van der Waals surface area contributed by atoms with Gasteiger partial charge in [0.05, 0.1) is 17.2 Å². The number of likely N-dealkylation sites (tertiary alicyclic amines) is 1. The molecule has 9 heteroatoms. The third-order valence-corrected chi connectivity index (χ3v) is 7.92. The van der Waals surface area contributed by atoms with Crippen molar-refractivity contribution in [3.8, 4) is 22.6 Å². The average Bonchev–Trinajstić information content (AvgIpc) is 3.55. The number of rotatable bonds is 8. The van der Waals surface area contributed by atoms with E-state index in [0.717, 1.165) is 65.9 Å². The van der Waals surface area contributed by atoms with Gasteiger partial charge in [0.25, 0.3) is 0 Å². The predicted molar refractivity (Wildman–Crippen MR) is 155 cm³/mol. The van der Waals surface area contributed by atoms with E-state index >= 15 is 0 Å². The van der Waals surface area contributed by atoms with Crippen molar-refractivity contribution < 1.29 is 4.39 Å². The van der Waals surface area contributed by atoms with Gasteiger partial charge in [0, 0.05) is 49.0 Å². The highest BCUT2D eigenvalue weighted by Gasteiger charge is 2.23. The molecule has 39 heavy (non-hydrogen) atoms. The average molecular weight is 540 g/mol. The van der Waals surface area contributed by atoms with Gasteiger partial charge in [-0.1, -0.05) is 30.8 Å². The largest absolute Gasteiger partial charge is 0.368 e. The van der Waals surface area contributed by atoms with E-state index in [-0.39, 0.29) is 11.9 Å². The first kappa shape index (κ1) is 25.1. The summed E-state index contributed by atoms with van der Waals surface area (Å²) in [5.41, 5.74) is 5.78. The van der Waals surface area contributed by atoms with Crippen LogP contribution in [0.4, 0.5) is 10.3 Å². The Morgan fingerprint density at radius 3 is 2.82 bits per heavy atom. The number of piperidine rings is 1. The third kappa shape index (κ3) is 5.35. The predicted octanol–water partition coefficient (Wildman–Crippen LogP) is 6.10. The standard InChI is InChI=1S/C30H30FN7S/c1-20-6-3-4-7-23(20)18-33-21(2)37-15-5-8-25(19-37)34-29-32-14-13-26(35-29)28-27(22-9-11-24(31)12-10-22)36-30-38(28)16-17-39-30/h3-4,6-7,9-14,16-17,25,33H,2,5,8,15,18-19H2,1H3,(H,32,34,35)/t25-/m1/s1. The molecule has 7 nitrogen and oxygen atoms in total. The van der Waals surface area contributed by atoms with Crippen molar-refractivity contribution in [1.82, 2.24) is 29.6 Å². The Hall–Kier alpha value is -4.24. The molecule has 0 radical (unpaired) electrons. The Kier molecular flexibility index (Phi) is 6.98. The summed E-state index contributed by atoms with van der Waals surface area (Å²) in [6.07, 6.45) is 5.83. The Labute approximate surface area is 231 Å². The summed E-state index contributed by atoms with van der Waals surface area (Å²) >= 11 is 1.55. The lowest BCUT2D eigenvalue weighted by Crippen LogP contribution is -2.44. The van der Waals surface area contributed by atoms with Crippen molar-refractivity contribution >= 4 is 22.2 Å². The summed E-state index contributed by atoms with van der Waals surface area (Å²) in [6.45, 7) is 8.97. The summed E-state index contributed by atoms with van der Waals surface area (Å²) < 4.78 is 15.6. The maximum atomic E-state index is 13.6. The number of benzene rings is 2. The number of fused-ring (bicyclic) bond motifs is 1. The first-order valence-corrected chi connectivity index (χ1v) is 14.0. The fourth-order valence-corrected chi connectivity index (χ4v) is 5.75. The molecule has 0 unspecified atom stereocenters. The van der Waals surface area contributed by atoms with Crippen LogP contribution in [0.5, 0.6) is 0 Å². The molecule has 0 aliphatic carbocycles. The first-order valence-electron chi connectivity index (χ1n) is 13.1. The number of hydrogen-bond acceptors (Lipinski definition) is 7. The van der Waals surface area contributed by atoms with Gasteiger partial charge in [-0.25, -0.2) is 19.3 Å². The summed E-state index contributed by atoms with van der Waals surface area (Å²) in [5.74, 6) is 1.24. The molecule has 1 aliphatic rings. The minimum absolute atomic E-state index is 0.189. The number of nitrogens with one attached hydrogen (secondary N) is 2. The van der Waals surface area contributed by atoms with E-state index in [9.17, 15) is 4.39 Å². The van der Waals surface area contributed by atoms with Gasteiger partial charge >= 0.3 is 0 Å². The number of anilines is 1. The summed E-state index contributed by atoms with van der Waals surface area (Å²) in [7, 11) is 0. The fourth-order valence-electron chi connectivity index (χ4n) is 5.04. The lowest BCUT2D eigenvalue weighted by Gasteiger charge is -2.36. The molecule has 198 valence electrons. The van der Waals surface area contributed by atoms with Crippen LogP contribution in [0.3, 0.4) is 0 Å². The van der Waals surface area contributed by atoms with Crippen molar-refractivity contribution in [2.75, 3.05) is 18.4 Å². The normalized spacial score (nSPS) is 15.4. The van der Waals surface area contributed by atoms with E-state index in [1.165, 1.54) is 23.3 Å². The van der Waals surface area contributed by atoms with Gasteiger partial charge in [-0.05, 0) is 61.2 Å². The molecule has 0 spiro atoms. The minimum atomic E-state index is -0.274. The number of imidazole rings is 1. The lowest BCUT2D eigenvalue weighted by atomic mass is 10.1. The molecular weight excluding hydrogens is 509 g/mol. The van der Waals surface area contributed by atoms with E-state index in [1.807, 2.05) is 22.0 Å². The zero-order valence-corrected chi connectivity index (χ0v) is 22.6. The van der Waals surface area contributed by atoms with E-state index in [4.69, 9.17) is 9.97 Å². The maximum absolute atomic E-state index is 13.6. The highest BCUT2D eigenvalue weighted by Crippen LogP contribution is 2.33. The van der Waals surface area contributed by atoms with Gasteiger partial charge < -0.3 is 15.5 Å². The van der Waals surface area contributed by atoms with E-state index in [2.05, 4.69) is 58.3 Å². The van der Waals surface area contributed by atoms with Gasteiger partial charge in [-0.3, -0.25) is 4.40 Å². The lowest BCUT2D eigenvalue weighted by molar-refractivity contribution is 0.253. The van der Waals surface area contributed by atoms with Crippen LogP contribution in [-0.2, 0) is 6.54 Å². The van der Waals surface area contributed by atoms with Crippen molar-refractivity contribution in [2.45, 2.75) is 32.4 Å². The molecule has 1 fully saturated rings. The molecule has 3 aromatic heterocycles. The van der Waals surface area contributed by atoms with Gasteiger partial charge in [-0.15, -0.1) is 11.3 Å². The first-order chi connectivity index (χ1) is 19.0. The van der Waals surface area contributed by atoms with Gasteiger partial charge in [0.1, 0.15) is 11.5 Å². The molecule has 4 heterocycles. The smallest absolute Gasteiger partial charge is 0.223 e. The Morgan fingerprint density at radius 1 is 1.13 bits per heavy atom. The zero-order valence-electron chi connectivity index (χ0n) is 21.8. The van der Waals surface area contributed by atoms with Crippen LogP contribution in [0.1, 0.15) is 24.0 Å². The molecule has 6 rings (SSSR count). The minimum Gasteiger partial charge on any atom is -0.368 e. The van der Waals surface area contributed by atoms with E-state index in [0.29, 0.717) is 5.95 Å². The molecule has 1 saturated heterocycles. The molecule has 1 atom stereocenters. The van der Waals surface area contributed by atoms with Gasteiger partial charge in [-0.2, -0.15) is 0 Å². The highest BCUT2D eigenvalue weighted by molar-refractivity contribution is 7.15. The van der Waals surface area contributed by atoms with Gasteiger partial charge in [0.15, 0.2) is 4.96 Å². The van der Waals surface area contributed by atoms with Crippen LogP contribution < -0.4 is 10.6 Å². The summed E-state index contributed by atoms with van der Waals surface area (Å²) in [4.78, 5) is 17.4. The van der Waals surface area contributed by atoms with E-state index in [1.54, 1.807) is 29.7 Å². The monoisotopic (exact) mass is 539 g/mol. The van der Waals surface area contributed by atoms with Gasteiger partial charge in [0.2, 0.25) is 5.95 Å². The molecule has 0 saturated carbocycles. The molecule has 2 N–H and O–H groups in total. The quantitative estimate of drug-likeness (QED) is 0.248. The Bertz CT molecular complexity index is 1610. The van der Waals surface area contributed by atoms with Crippen LogP contribution >= 0.6 is 11.3 Å². The van der Waals surface area contributed by atoms with Crippen molar-refractivity contribution in [1.29, 1.82) is 0 Å². The third-order valence-electron chi connectivity index (χ3n) is 7.16. The Morgan fingerprint density at radius 2 is 1.97 bits per heavy atom. The second-order valence-corrected chi connectivity index (χ2v) is 10.7. The van der Waals surface area contributed by atoms with Crippen LogP contribution in [0.15, 0.2) is 84.8 Å². The van der Waals surface area contributed by atoms with Crippen LogP contribution in [-0.4, -0.2) is 43.4 Å². The second-order valence-electron chi connectivity index (χ2n) is 9.79. The second kappa shape index (κ2) is 10.9. The van der Waals surface area contributed by atoms with Crippen LogP contribution in [0.25, 0.3) is 27.6 Å². The summed E-state index contributed by atoms with van der Waals surface area (Å²) in [5, 5.41) is 9.05. The van der Waals surface area contributed by atoms with Crippen LogP contribution in [0, 0.1) is 12.7 Å². The Balaban J connectivity index is 1.18. The number of aromatic nitrogens is 4. The summed E-state index contributed by atoms with van der Waals surface area (Å²) in [6, 6.07) is 16.9. The SMILES string of the molecule is C=C(NCc1ccccc1C)N1CCC[C@@H](Nc2nccc(-c3c(-c4ccc(F)cc4)nc4sccn34)n2)C1. The molecule has 0 amide bonds. The molecule has 5 aromatic rings. The van der Waals surface area contributed by atoms with Crippen molar-refractivity contribution in [2.24, 2.45) is 0 Å². The van der Waals surface area contributed by atoms with E-state index < -0.39 is 0 Å². The topological polar surface area (TPSA) is 70.4 Å². The number of thiazole rings is 1. The van der Waals surface area contributed by atoms with Crippen molar-refractivity contribution in [3.63, 3.8) is 0 Å². The number of nitrogens with zero attached hydrogens (tertiary/aromatic N) is 5. The molecule has 0 bridgehead atoms. The highest BCUT2D eigenvalue weighted by atomic mass is 32.1. The molecule has 2 aromatic carbocycles. The molecular formula is C30H30FN7S. The fraction of sp³-hybridized carbons (Fsp3) is 0.233. The van der Waals surface area contributed by atoms with Crippen LogP contribution in [0.2, 0.25) is 0 Å². The van der Waals surface area contributed by atoms with Crippen molar-refractivity contribution in [3.05, 3.63) is 102 Å².